The number of rotatable bonds is 5. The predicted molar refractivity (Wildman–Crippen MR) is 84.8 cm³/mol. The lowest BCUT2D eigenvalue weighted by atomic mass is 10.1. The normalized spacial score (nSPS) is 10.0. The van der Waals surface area contributed by atoms with Crippen LogP contribution >= 0.6 is 11.6 Å². The van der Waals surface area contributed by atoms with Crippen LogP contribution in [0.15, 0.2) is 60.8 Å². The Hall–Kier alpha value is -2.26. The Kier molecular flexibility index (Phi) is 5.01. The number of hydrogen-bond donors (Lipinski definition) is 1. The minimum absolute atomic E-state index is 0.181. The standard InChI is InChI=1S/C17H16ClNO2/c1-12(19-17(20)13-6-4-3-5-7-13)10-14-11-15(21-2)8-9-16(14)18/h3-9,11H,1,10H2,2H3,(H,19,20). The Labute approximate surface area is 129 Å². The van der Waals surface area contributed by atoms with E-state index in [0.29, 0.717) is 22.7 Å². The van der Waals surface area contributed by atoms with Crippen molar-refractivity contribution in [3.63, 3.8) is 0 Å². The van der Waals surface area contributed by atoms with Crippen LogP contribution in [0, 0.1) is 0 Å². The van der Waals surface area contributed by atoms with Crippen LogP contribution in [0.5, 0.6) is 5.75 Å². The highest BCUT2D eigenvalue weighted by atomic mass is 35.5. The first-order valence-corrected chi connectivity index (χ1v) is 6.84. The summed E-state index contributed by atoms with van der Waals surface area (Å²) in [5.74, 6) is 0.538. The molecule has 4 heteroatoms. The third-order valence-corrected chi connectivity index (χ3v) is 3.35. The Bertz CT molecular complexity index is 653. The van der Waals surface area contributed by atoms with E-state index in [4.69, 9.17) is 16.3 Å². The van der Waals surface area contributed by atoms with E-state index in [1.165, 1.54) is 0 Å². The maximum Gasteiger partial charge on any atom is 0.255 e. The van der Waals surface area contributed by atoms with Gasteiger partial charge < -0.3 is 10.1 Å². The predicted octanol–water partition coefficient (Wildman–Crippen LogP) is 3.83. The highest BCUT2D eigenvalue weighted by molar-refractivity contribution is 6.31. The summed E-state index contributed by atoms with van der Waals surface area (Å²) in [6.45, 7) is 3.88. The molecule has 0 aliphatic carbocycles. The third kappa shape index (κ3) is 4.10. The number of halogens is 1. The number of nitrogens with one attached hydrogen (secondary N) is 1. The first-order chi connectivity index (χ1) is 10.1. The van der Waals surface area contributed by atoms with Gasteiger partial charge in [-0.05, 0) is 35.9 Å². The van der Waals surface area contributed by atoms with Gasteiger partial charge >= 0.3 is 0 Å². The molecule has 0 fully saturated rings. The van der Waals surface area contributed by atoms with Crippen molar-refractivity contribution in [1.82, 2.24) is 5.32 Å². The van der Waals surface area contributed by atoms with Crippen LogP contribution in [0.4, 0.5) is 0 Å². The topological polar surface area (TPSA) is 38.3 Å². The van der Waals surface area contributed by atoms with Gasteiger partial charge in [-0.1, -0.05) is 36.4 Å². The first kappa shape index (κ1) is 15.1. The SMILES string of the molecule is C=C(Cc1cc(OC)ccc1Cl)NC(=O)c1ccccc1. The maximum absolute atomic E-state index is 12.0. The summed E-state index contributed by atoms with van der Waals surface area (Å²) < 4.78 is 5.17. The van der Waals surface area contributed by atoms with Crippen molar-refractivity contribution in [2.75, 3.05) is 7.11 Å². The lowest BCUT2D eigenvalue weighted by Crippen LogP contribution is -2.23. The first-order valence-electron chi connectivity index (χ1n) is 6.46. The maximum atomic E-state index is 12.0. The second-order valence-corrected chi connectivity index (χ2v) is 4.97. The molecule has 1 N–H and O–H groups in total. The van der Waals surface area contributed by atoms with Gasteiger partial charge in [0.05, 0.1) is 7.11 Å². The fourth-order valence-corrected chi connectivity index (χ4v) is 2.09. The molecule has 3 nitrogen and oxygen atoms in total. The monoisotopic (exact) mass is 301 g/mol. The quantitative estimate of drug-likeness (QED) is 0.911. The van der Waals surface area contributed by atoms with Crippen LogP contribution in [-0.4, -0.2) is 13.0 Å². The lowest BCUT2D eigenvalue weighted by molar-refractivity contribution is 0.0965. The highest BCUT2D eigenvalue weighted by Crippen LogP contribution is 2.23. The molecule has 2 aromatic carbocycles. The molecule has 0 heterocycles. The van der Waals surface area contributed by atoms with Crippen LogP contribution in [0.1, 0.15) is 15.9 Å². The molecule has 0 atom stereocenters. The van der Waals surface area contributed by atoms with Crippen LogP contribution in [0.25, 0.3) is 0 Å². The van der Waals surface area contributed by atoms with Crippen molar-refractivity contribution in [1.29, 1.82) is 0 Å². The number of carbonyl (C=O) groups excluding carboxylic acids is 1. The van der Waals surface area contributed by atoms with E-state index >= 15 is 0 Å². The number of methoxy groups -OCH3 is 1. The van der Waals surface area contributed by atoms with Gasteiger partial charge in [0.25, 0.3) is 5.91 Å². The zero-order valence-corrected chi connectivity index (χ0v) is 12.5. The van der Waals surface area contributed by atoms with E-state index in [0.717, 1.165) is 11.3 Å². The van der Waals surface area contributed by atoms with E-state index in [2.05, 4.69) is 11.9 Å². The van der Waals surface area contributed by atoms with E-state index in [1.54, 1.807) is 31.4 Å². The van der Waals surface area contributed by atoms with Gasteiger partial charge in [-0.25, -0.2) is 0 Å². The molecule has 0 aliphatic rings. The molecule has 0 aromatic heterocycles. The van der Waals surface area contributed by atoms with Crippen molar-refractivity contribution < 1.29 is 9.53 Å². The molecule has 0 aliphatic heterocycles. The van der Waals surface area contributed by atoms with Crippen molar-refractivity contribution in [3.8, 4) is 5.75 Å². The summed E-state index contributed by atoms with van der Waals surface area (Å²) in [5, 5.41) is 3.39. The van der Waals surface area contributed by atoms with Gasteiger partial charge in [0.2, 0.25) is 0 Å². The van der Waals surface area contributed by atoms with E-state index in [9.17, 15) is 4.79 Å². The number of amides is 1. The summed E-state index contributed by atoms with van der Waals surface area (Å²) in [6, 6.07) is 14.4. The van der Waals surface area contributed by atoms with Crippen molar-refractivity contribution in [3.05, 3.63) is 77.0 Å². The summed E-state index contributed by atoms with van der Waals surface area (Å²) in [6.07, 6.45) is 0.453. The van der Waals surface area contributed by atoms with Gasteiger partial charge in [0.15, 0.2) is 0 Å². The second kappa shape index (κ2) is 6.95. The molecule has 0 bridgehead atoms. The van der Waals surface area contributed by atoms with Gasteiger partial charge in [0.1, 0.15) is 5.75 Å². The molecule has 0 radical (unpaired) electrons. The second-order valence-electron chi connectivity index (χ2n) is 4.56. The van der Waals surface area contributed by atoms with Crippen LogP contribution in [0.3, 0.4) is 0 Å². The van der Waals surface area contributed by atoms with E-state index < -0.39 is 0 Å². The Morgan fingerprint density at radius 3 is 2.62 bits per heavy atom. The molecule has 108 valence electrons. The van der Waals surface area contributed by atoms with Crippen molar-refractivity contribution in [2.24, 2.45) is 0 Å². The fourth-order valence-electron chi connectivity index (χ4n) is 1.91. The summed E-state index contributed by atoms with van der Waals surface area (Å²) >= 11 is 6.14. The summed E-state index contributed by atoms with van der Waals surface area (Å²) in [5.41, 5.74) is 2.03. The van der Waals surface area contributed by atoms with Crippen molar-refractivity contribution >= 4 is 17.5 Å². The minimum atomic E-state index is -0.181. The summed E-state index contributed by atoms with van der Waals surface area (Å²) in [4.78, 5) is 12.0. The van der Waals surface area contributed by atoms with Gasteiger partial charge in [-0.2, -0.15) is 0 Å². The Morgan fingerprint density at radius 1 is 1.24 bits per heavy atom. The fraction of sp³-hybridized carbons (Fsp3) is 0.118. The average Bonchev–Trinajstić information content (AvgIpc) is 2.50. The van der Waals surface area contributed by atoms with Gasteiger partial charge in [0, 0.05) is 22.7 Å². The number of hydrogen-bond acceptors (Lipinski definition) is 2. The molecule has 0 saturated carbocycles. The summed E-state index contributed by atoms with van der Waals surface area (Å²) in [7, 11) is 1.60. The van der Waals surface area contributed by atoms with Crippen LogP contribution < -0.4 is 10.1 Å². The molecule has 0 saturated heterocycles. The number of benzene rings is 2. The van der Waals surface area contributed by atoms with Crippen LogP contribution in [-0.2, 0) is 6.42 Å². The number of carbonyl (C=O) groups is 1. The van der Waals surface area contributed by atoms with Crippen molar-refractivity contribution in [2.45, 2.75) is 6.42 Å². The molecule has 0 unspecified atom stereocenters. The highest BCUT2D eigenvalue weighted by Gasteiger charge is 2.09. The largest absolute Gasteiger partial charge is 0.497 e. The minimum Gasteiger partial charge on any atom is -0.497 e. The van der Waals surface area contributed by atoms with Gasteiger partial charge in [-0.15, -0.1) is 0 Å². The van der Waals surface area contributed by atoms with Crippen LogP contribution in [0.2, 0.25) is 5.02 Å². The Balaban J connectivity index is 2.04. The molecule has 21 heavy (non-hydrogen) atoms. The van der Waals surface area contributed by atoms with E-state index in [-0.39, 0.29) is 5.91 Å². The Morgan fingerprint density at radius 2 is 1.95 bits per heavy atom. The number of allylic oxidation sites excluding steroid dienone is 1. The van der Waals surface area contributed by atoms with E-state index in [1.807, 2.05) is 24.3 Å². The average molecular weight is 302 g/mol. The molecule has 0 spiro atoms. The smallest absolute Gasteiger partial charge is 0.255 e. The molecule has 2 aromatic rings. The zero-order chi connectivity index (χ0) is 15.2. The molecule has 1 amide bonds. The third-order valence-electron chi connectivity index (χ3n) is 2.98. The number of ether oxygens (including phenoxy) is 1. The molecule has 2 rings (SSSR count). The molecular formula is C17H16ClNO2. The lowest BCUT2D eigenvalue weighted by Gasteiger charge is -2.11. The van der Waals surface area contributed by atoms with Gasteiger partial charge in [-0.3, -0.25) is 4.79 Å². The zero-order valence-electron chi connectivity index (χ0n) is 11.7. The molecular weight excluding hydrogens is 286 g/mol.